The summed E-state index contributed by atoms with van der Waals surface area (Å²) >= 11 is 0. The summed E-state index contributed by atoms with van der Waals surface area (Å²) < 4.78 is 0. The second-order valence-electron chi connectivity index (χ2n) is 2.65. The molecule has 3 nitrogen and oxygen atoms in total. The fourth-order valence-electron chi connectivity index (χ4n) is 0.474. The number of rotatable bonds is 1. The highest BCUT2D eigenvalue weighted by molar-refractivity contribution is 5.74. The number of hydrogen-bond acceptors (Lipinski definition) is 3. The molecule has 1 aromatic carbocycles. The highest BCUT2D eigenvalue weighted by Crippen LogP contribution is 2.09. The number of phenols is 1. The van der Waals surface area contributed by atoms with Crippen LogP contribution in [0.3, 0.4) is 0 Å². The summed E-state index contributed by atoms with van der Waals surface area (Å²) in [6.07, 6.45) is 0.667. The van der Waals surface area contributed by atoms with E-state index in [1.807, 2.05) is 6.92 Å². The van der Waals surface area contributed by atoms with Gasteiger partial charge in [-0.1, -0.05) is 6.92 Å². The molecule has 0 aliphatic heterocycles. The first-order chi connectivity index (χ1) is 6.06. The van der Waals surface area contributed by atoms with Crippen LogP contribution in [0.1, 0.15) is 20.3 Å². The molecule has 13 heavy (non-hydrogen) atoms. The Morgan fingerprint density at radius 1 is 1.38 bits per heavy atom. The third-order valence-corrected chi connectivity index (χ3v) is 1.39. The number of phenolic OH excluding ortho intramolecular Hbond substituents is 1. The Morgan fingerprint density at radius 2 is 1.77 bits per heavy atom. The molecule has 0 saturated carbocycles. The van der Waals surface area contributed by atoms with E-state index >= 15 is 0 Å². The molecule has 1 aromatic rings. The number of ketones is 1. The fraction of sp³-hybridized carbons (Fsp3) is 0.300. The number of nitrogen functional groups attached to an aromatic ring is 1. The van der Waals surface area contributed by atoms with Crippen LogP contribution in [0, 0.1) is 0 Å². The van der Waals surface area contributed by atoms with Gasteiger partial charge in [0.1, 0.15) is 11.5 Å². The second-order valence-corrected chi connectivity index (χ2v) is 2.65. The lowest BCUT2D eigenvalue weighted by Gasteiger charge is -1.89. The molecule has 0 saturated heterocycles. The van der Waals surface area contributed by atoms with E-state index in [0.717, 1.165) is 0 Å². The van der Waals surface area contributed by atoms with Crippen LogP contribution in [0.5, 0.6) is 5.75 Å². The number of benzene rings is 1. The number of carbonyl (C=O) groups excluding carboxylic acids is 1. The van der Waals surface area contributed by atoms with Crippen molar-refractivity contribution >= 4 is 11.5 Å². The van der Waals surface area contributed by atoms with Gasteiger partial charge in [-0.05, 0) is 31.2 Å². The van der Waals surface area contributed by atoms with Gasteiger partial charge in [0.25, 0.3) is 0 Å². The van der Waals surface area contributed by atoms with E-state index in [4.69, 9.17) is 10.8 Å². The first-order valence-corrected chi connectivity index (χ1v) is 4.10. The van der Waals surface area contributed by atoms with E-state index in [-0.39, 0.29) is 11.5 Å². The molecule has 1 rings (SSSR count). The number of anilines is 1. The Bertz CT molecular complexity index is 233. The van der Waals surface area contributed by atoms with E-state index in [1.54, 1.807) is 31.2 Å². The molecule has 0 heterocycles. The van der Waals surface area contributed by atoms with Gasteiger partial charge >= 0.3 is 0 Å². The summed E-state index contributed by atoms with van der Waals surface area (Å²) in [5.41, 5.74) is 5.98. The molecule has 0 spiro atoms. The standard InChI is InChI=1S/C6H7NO.C4H8O/c7-5-1-3-6(8)4-2-5;1-3-4(2)5/h1-4,8H,7H2;3H2,1-2H3. The van der Waals surface area contributed by atoms with Gasteiger partial charge in [0, 0.05) is 12.1 Å². The van der Waals surface area contributed by atoms with Crippen molar-refractivity contribution in [3.63, 3.8) is 0 Å². The van der Waals surface area contributed by atoms with Gasteiger partial charge in [-0.2, -0.15) is 0 Å². The number of Topliss-reactive ketones (excluding diaryl/α,β-unsaturated/α-hetero) is 1. The molecule has 0 bridgehead atoms. The van der Waals surface area contributed by atoms with Crippen molar-refractivity contribution in [2.75, 3.05) is 5.73 Å². The van der Waals surface area contributed by atoms with Crippen LogP contribution >= 0.6 is 0 Å². The normalized spacial score (nSPS) is 8.46. The van der Waals surface area contributed by atoms with Gasteiger partial charge < -0.3 is 15.6 Å². The minimum Gasteiger partial charge on any atom is -0.508 e. The summed E-state index contributed by atoms with van der Waals surface area (Å²) in [6.45, 7) is 3.43. The van der Waals surface area contributed by atoms with E-state index < -0.39 is 0 Å². The zero-order valence-electron chi connectivity index (χ0n) is 7.95. The number of nitrogens with two attached hydrogens (primary N) is 1. The Hall–Kier alpha value is -1.51. The number of carbonyl (C=O) groups is 1. The molecule has 0 aliphatic rings. The molecule has 72 valence electrons. The van der Waals surface area contributed by atoms with Crippen LogP contribution in [-0.2, 0) is 4.79 Å². The predicted molar refractivity (Wildman–Crippen MR) is 53.5 cm³/mol. The first-order valence-electron chi connectivity index (χ1n) is 4.10. The number of aromatic hydroxyl groups is 1. The third kappa shape index (κ3) is 6.87. The van der Waals surface area contributed by atoms with Crippen molar-refractivity contribution in [1.29, 1.82) is 0 Å². The zero-order valence-corrected chi connectivity index (χ0v) is 7.95. The maximum absolute atomic E-state index is 9.81. The second kappa shape index (κ2) is 6.06. The zero-order chi connectivity index (χ0) is 10.3. The lowest BCUT2D eigenvalue weighted by molar-refractivity contribution is -0.116. The lowest BCUT2D eigenvalue weighted by Crippen LogP contribution is -1.80. The van der Waals surface area contributed by atoms with E-state index in [2.05, 4.69) is 0 Å². The molecule has 0 amide bonds. The summed E-state index contributed by atoms with van der Waals surface area (Å²) in [5, 5.41) is 8.70. The van der Waals surface area contributed by atoms with Crippen molar-refractivity contribution < 1.29 is 9.90 Å². The Morgan fingerprint density at radius 3 is 2.00 bits per heavy atom. The van der Waals surface area contributed by atoms with Crippen LogP contribution in [0.4, 0.5) is 5.69 Å². The van der Waals surface area contributed by atoms with Crippen LogP contribution in [0.15, 0.2) is 24.3 Å². The smallest absolute Gasteiger partial charge is 0.129 e. The summed E-state index contributed by atoms with van der Waals surface area (Å²) in [5.74, 6) is 0.504. The molecule has 0 atom stereocenters. The maximum Gasteiger partial charge on any atom is 0.129 e. The first kappa shape index (κ1) is 11.5. The van der Waals surface area contributed by atoms with Gasteiger partial charge in [-0.15, -0.1) is 0 Å². The van der Waals surface area contributed by atoms with E-state index in [1.165, 1.54) is 0 Å². The molecule has 0 aromatic heterocycles. The minimum atomic E-state index is 0.249. The molecule has 0 fully saturated rings. The minimum absolute atomic E-state index is 0.249. The van der Waals surface area contributed by atoms with Gasteiger partial charge in [0.2, 0.25) is 0 Å². The molecule has 0 unspecified atom stereocenters. The predicted octanol–water partition coefficient (Wildman–Crippen LogP) is 1.96. The Kier molecular flexibility index (Phi) is 5.35. The van der Waals surface area contributed by atoms with Crippen LogP contribution in [0.25, 0.3) is 0 Å². The average Bonchev–Trinajstić information content (AvgIpc) is 2.11. The van der Waals surface area contributed by atoms with E-state index in [9.17, 15) is 4.79 Å². The fourth-order valence-corrected chi connectivity index (χ4v) is 0.474. The summed E-state index contributed by atoms with van der Waals surface area (Å²) in [6, 6.07) is 6.40. The topological polar surface area (TPSA) is 63.3 Å². The molecular formula is C10H15NO2. The SMILES string of the molecule is CCC(C)=O.Nc1ccc(O)cc1. The quantitative estimate of drug-likeness (QED) is 0.514. The summed E-state index contributed by atoms with van der Waals surface area (Å²) in [7, 11) is 0. The Labute approximate surface area is 78.2 Å². The highest BCUT2D eigenvalue weighted by Gasteiger charge is 1.82. The van der Waals surface area contributed by atoms with Gasteiger partial charge in [0.15, 0.2) is 0 Å². The van der Waals surface area contributed by atoms with Crippen molar-refractivity contribution in [3.8, 4) is 5.75 Å². The van der Waals surface area contributed by atoms with Crippen molar-refractivity contribution in [2.45, 2.75) is 20.3 Å². The number of hydrogen-bond donors (Lipinski definition) is 2. The van der Waals surface area contributed by atoms with Crippen LogP contribution in [-0.4, -0.2) is 10.9 Å². The Balaban J connectivity index is 0.000000252. The maximum atomic E-state index is 9.81. The molecule has 0 radical (unpaired) electrons. The molecular weight excluding hydrogens is 166 g/mol. The molecule has 3 heteroatoms. The van der Waals surface area contributed by atoms with Crippen molar-refractivity contribution in [2.24, 2.45) is 0 Å². The van der Waals surface area contributed by atoms with Crippen molar-refractivity contribution in [3.05, 3.63) is 24.3 Å². The average molecular weight is 181 g/mol. The van der Waals surface area contributed by atoms with Crippen LogP contribution < -0.4 is 5.73 Å². The van der Waals surface area contributed by atoms with E-state index in [0.29, 0.717) is 12.1 Å². The van der Waals surface area contributed by atoms with Gasteiger partial charge in [0.05, 0.1) is 0 Å². The van der Waals surface area contributed by atoms with Gasteiger partial charge in [-0.3, -0.25) is 0 Å². The van der Waals surface area contributed by atoms with Crippen molar-refractivity contribution in [1.82, 2.24) is 0 Å². The molecule has 0 aliphatic carbocycles. The monoisotopic (exact) mass is 181 g/mol. The lowest BCUT2D eigenvalue weighted by atomic mass is 10.3. The highest BCUT2D eigenvalue weighted by atomic mass is 16.3. The summed E-state index contributed by atoms with van der Waals surface area (Å²) in [4.78, 5) is 9.81. The van der Waals surface area contributed by atoms with Gasteiger partial charge in [-0.25, -0.2) is 0 Å². The third-order valence-electron chi connectivity index (χ3n) is 1.39. The van der Waals surface area contributed by atoms with Crippen LogP contribution in [0.2, 0.25) is 0 Å². The largest absolute Gasteiger partial charge is 0.508 e. The molecule has 3 N–H and O–H groups in total.